The van der Waals surface area contributed by atoms with Crippen LogP contribution in [0.15, 0.2) is 40.9 Å². The number of ether oxygens (including phenoxy) is 1. The second-order valence-electron chi connectivity index (χ2n) is 4.54. The summed E-state index contributed by atoms with van der Waals surface area (Å²) in [7, 11) is 1.61. The van der Waals surface area contributed by atoms with Crippen LogP contribution in [-0.2, 0) is 6.42 Å². The first kappa shape index (κ1) is 16.2. The third-order valence-electron chi connectivity index (χ3n) is 3.21. The third-order valence-corrected chi connectivity index (χ3v) is 4.23. The number of hydrazine groups is 1. The summed E-state index contributed by atoms with van der Waals surface area (Å²) in [6, 6.07) is 10.1. The fourth-order valence-corrected chi connectivity index (χ4v) is 2.97. The van der Waals surface area contributed by atoms with Crippen LogP contribution in [0.5, 0.6) is 5.75 Å². The lowest BCUT2D eigenvalue weighted by molar-refractivity contribution is 0.412. The molecule has 3 N–H and O–H groups in total. The van der Waals surface area contributed by atoms with E-state index in [1.807, 2.05) is 18.2 Å². The van der Waals surface area contributed by atoms with E-state index >= 15 is 0 Å². The van der Waals surface area contributed by atoms with Crippen molar-refractivity contribution < 1.29 is 9.13 Å². The van der Waals surface area contributed by atoms with Crippen molar-refractivity contribution in [2.24, 2.45) is 5.84 Å². The Balaban J connectivity index is 2.27. The molecular weight excluding hydrogens is 359 g/mol. The molecule has 1 atom stereocenters. The number of methoxy groups -OCH3 is 1. The number of halogens is 3. The maximum Gasteiger partial charge on any atom is 0.142 e. The molecular formula is C15H15BrClFN2O. The lowest BCUT2D eigenvalue weighted by Gasteiger charge is -2.18. The predicted octanol–water partition coefficient (Wildman–Crippen LogP) is 4.00. The van der Waals surface area contributed by atoms with Crippen LogP contribution in [0.1, 0.15) is 17.2 Å². The second kappa shape index (κ2) is 7.22. The summed E-state index contributed by atoms with van der Waals surface area (Å²) in [4.78, 5) is 0. The fraction of sp³-hybridized carbons (Fsp3) is 0.200. The van der Waals surface area contributed by atoms with E-state index in [1.165, 1.54) is 6.07 Å². The van der Waals surface area contributed by atoms with Crippen LogP contribution in [0.2, 0.25) is 5.02 Å². The Bertz CT molecular complexity index is 639. The molecule has 0 fully saturated rings. The van der Waals surface area contributed by atoms with Gasteiger partial charge in [-0.3, -0.25) is 11.3 Å². The molecule has 0 radical (unpaired) electrons. The zero-order chi connectivity index (χ0) is 15.4. The molecule has 0 spiro atoms. The highest BCUT2D eigenvalue weighted by Gasteiger charge is 2.17. The number of nitrogens with one attached hydrogen (secondary N) is 1. The van der Waals surface area contributed by atoms with Gasteiger partial charge in [-0.1, -0.05) is 29.8 Å². The monoisotopic (exact) mass is 372 g/mol. The highest BCUT2D eigenvalue weighted by atomic mass is 79.9. The molecule has 2 aromatic carbocycles. The number of hydrogen-bond acceptors (Lipinski definition) is 3. The zero-order valence-electron chi connectivity index (χ0n) is 11.4. The average molecular weight is 374 g/mol. The summed E-state index contributed by atoms with van der Waals surface area (Å²) in [5.74, 6) is 5.89. The number of benzene rings is 2. The van der Waals surface area contributed by atoms with Gasteiger partial charge in [0, 0.05) is 0 Å². The molecule has 21 heavy (non-hydrogen) atoms. The fourth-order valence-electron chi connectivity index (χ4n) is 2.12. The Morgan fingerprint density at radius 2 is 2.14 bits per heavy atom. The molecule has 0 amide bonds. The summed E-state index contributed by atoms with van der Waals surface area (Å²) in [6.07, 6.45) is 0.572. The van der Waals surface area contributed by atoms with E-state index in [2.05, 4.69) is 21.4 Å². The molecule has 0 aliphatic carbocycles. The van der Waals surface area contributed by atoms with Crippen molar-refractivity contribution in [3.63, 3.8) is 0 Å². The highest BCUT2D eigenvalue weighted by Crippen LogP contribution is 2.30. The Morgan fingerprint density at radius 3 is 2.76 bits per heavy atom. The standard InChI is InChI=1S/C15H15BrClFN2O/c1-21-14-6-5-9(7-11(14)16)8-13(20-19)10-3-2-4-12(18)15(10)17/h2-7,13,20H,8,19H2,1H3. The van der Waals surface area contributed by atoms with Crippen LogP contribution in [0.25, 0.3) is 0 Å². The van der Waals surface area contributed by atoms with Crippen molar-refractivity contribution in [2.45, 2.75) is 12.5 Å². The molecule has 0 heterocycles. The van der Waals surface area contributed by atoms with Gasteiger partial charge < -0.3 is 4.74 Å². The normalized spacial score (nSPS) is 12.2. The molecule has 2 aromatic rings. The summed E-state index contributed by atoms with van der Waals surface area (Å²) in [5, 5.41) is 0.0908. The van der Waals surface area contributed by atoms with Crippen LogP contribution in [0.4, 0.5) is 4.39 Å². The summed E-state index contributed by atoms with van der Waals surface area (Å²) in [6.45, 7) is 0. The van der Waals surface area contributed by atoms with Crippen LogP contribution < -0.4 is 16.0 Å². The highest BCUT2D eigenvalue weighted by molar-refractivity contribution is 9.10. The van der Waals surface area contributed by atoms with E-state index in [9.17, 15) is 4.39 Å². The van der Waals surface area contributed by atoms with Crippen LogP contribution in [0, 0.1) is 5.82 Å². The first-order chi connectivity index (χ1) is 10.1. The topological polar surface area (TPSA) is 47.3 Å². The minimum Gasteiger partial charge on any atom is -0.496 e. The van der Waals surface area contributed by atoms with Gasteiger partial charge in [0.15, 0.2) is 0 Å². The van der Waals surface area contributed by atoms with Crippen molar-refractivity contribution in [1.29, 1.82) is 0 Å². The van der Waals surface area contributed by atoms with Crippen molar-refractivity contribution in [3.8, 4) is 5.75 Å². The SMILES string of the molecule is COc1ccc(CC(NN)c2cccc(F)c2Cl)cc1Br. The maximum absolute atomic E-state index is 13.6. The minimum atomic E-state index is -0.453. The van der Waals surface area contributed by atoms with E-state index in [0.717, 1.165) is 15.8 Å². The maximum atomic E-state index is 13.6. The first-order valence-electron chi connectivity index (χ1n) is 6.29. The lowest BCUT2D eigenvalue weighted by Crippen LogP contribution is -2.30. The molecule has 0 saturated heterocycles. The van der Waals surface area contributed by atoms with E-state index < -0.39 is 5.82 Å². The van der Waals surface area contributed by atoms with Gasteiger partial charge >= 0.3 is 0 Å². The Morgan fingerprint density at radius 1 is 1.38 bits per heavy atom. The van der Waals surface area contributed by atoms with Gasteiger partial charge in [0.25, 0.3) is 0 Å². The van der Waals surface area contributed by atoms with E-state index in [-0.39, 0.29) is 11.1 Å². The molecule has 0 saturated carbocycles. The predicted molar refractivity (Wildman–Crippen MR) is 85.9 cm³/mol. The Kier molecular flexibility index (Phi) is 5.58. The molecule has 112 valence electrons. The zero-order valence-corrected chi connectivity index (χ0v) is 13.7. The van der Waals surface area contributed by atoms with E-state index in [1.54, 1.807) is 19.2 Å². The number of nitrogens with two attached hydrogens (primary N) is 1. The summed E-state index contributed by atoms with van der Waals surface area (Å²) in [5.41, 5.74) is 4.34. The average Bonchev–Trinajstić information content (AvgIpc) is 2.48. The molecule has 0 aliphatic rings. The minimum absolute atomic E-state index is 0.0908. The van der Waals surface area contributed by atoms with Gasteiger partial charge in [-0.2, -0.15) is 0 Å². The molecule has 2 rings (SSSR count). The van der Waals surface area contributed by atoms with Gasteiger partial charge in [-0.25, -0.2) is 4.39 Å². The van der Waals surface area contributed by atoms with Crippen molar-refractivity contribution >= 4 is 27.5 Å². The van der Waals surface area contributed by atoms with Gasteiger partial charge in [0.1, 0.15) is 11.6 Å². The van der Waals surface area contributed by atoms with Crippen molar-refractivity contribution in [3.05, 3.63) is 62.8 Å². The molecule has 3 nitrogen and oxygen atoms in total. The van der Waals surface area contributed by atoms with Crippen molar-refractivity contribution in [2.75, 3.05) is 7.11 Å². The van der Waals surface area contributed by atoms with Crippen LogP contribution in [0.3, 0.4) is 0 Å². The Hall–Kier alpha value is -1.14. The largest absolute Gasteiger partial charge is 0.496 e. The molecule has 6 heteroatoms. The first-order valence-corrected chi connectivity index (χ1v) is 7.46. The Labute approximate surface area is 136 Å². The molecule has 0 bridgehead atoms. The van der Waals surface area contributed by atoms with Gasteiger partial charge in [0.2, 0.25) is 0 Å². The van der Waals surface area contributed by atoms with Crippen LogP contribution >= 0.6 is 27.5 Å². The number of hydrogen-bond donors (Lipinski definition) is 2. The summed E-state index contributed by atoms with van der Waals surface area (Å²) < 4.78 is 19.6. The van der Waals surface area contributed by atoms with E-state index in [0.29, 0.717) is 12.0 Å². The van der Waals surface area contributed by atoms with Gasteiger partial charge in [-0.05, 0) is 51.7 Å². The summed E-state index contributed by atoms with van der Waals surface area (Å²) >= 11 is 9.45. The molecule has 0 aliphatic heterocycles. The third kappa shape index (κ3) is 3.74. The smallest absolute Gasteiger partial charge is 0.142 e. The lowest BCUT2D eigenvalue weighted by atomic mass is 9.99. The molecule has 0 aromatic heterocycles. The number of rotatable bonds is 5. The molecule has 1 unspecified atom stereocenters. The van der Waals surface area contributed by atoms with Crippen molar-refractivity contribution in [1.82, 2.24) is 5.43 Å². The van der Waals surface area contributed by atoms with Gasteiger partial charge in [-0.15, -0.1) is 0 Å². The van der Waals surface area contributed by atoms with E-state index in [4.69, 9.17) is 22.2 Å². The van der Waals surface area contributed by atoms with Gasteiger partial charge in [0.05, 0.1) is 22.6 Å². The second-order valence-corrected chi connectivity index (χ2v) is 5.77. The quantitative estimate of drug-likeness (QED) is 0.615. The van der Waals surface area contributed by atoms with Crippen LogP contribution in [-0.4, -0.2) is 7.11 Å².